The average Bonchev–Trinajstić information content (AvgIpc) is 2.96. The van der Waals surface area contributed by atoms with E-state index in [2.05, 4.69) is 9.59 Å². The second-order valence-electron chi connectivity index (χ2n) is 3.94. The first-order chi connectivity index (χ1) is 7.83. The minimum Gasteiger partial charge on any atom is -0.395 e. The van der Waals surface area contributed by atoms with Gasteiger partial charge in [-0.15, -0.1) is 5.10 Å². The topological polar surface area (TPSA) is 66.3 Å². The molecule has 1 amide bonds. The number of aliphatic hydroxyl groups excluding tert-OH is 1. The highest BCUT2D eigenvalue weighted by Crippen LogP contribution is 2.25. The Bertz CT molecular complexity index is 336. The van der Waals surface area contributed by atoms with Crippen molar-refractivity contribution in [2.24, 2.45) is 0 Å². The van der Waals surface area contributed by atoms with E-state index < -0.39 is 0 Å². The predicted octanol–water partition coefficient (Wildman–Crippen LogP) is 0.915. The Kier molecular flexibility index (Phi) is 3.84. The van der Waals surface area contributed by atoms with Crippen molar-refractivity contribution in [2.75, 3.05) is 13.2 Å². The number of amides is 1. The van der Waals surface area contributed by atoms with E-state index in [-0.39, 0.29) is 18.6 Å². The molecule has 1 heterocycles. The number of rotatable bonds is 4. The second-order valence-corrected chi connectivity index (χ2v) is 4.73. The molecule has 6 heteroatoms. The summed E-state index contributed by atoms with van der Waals surface area (Å²) in [6, 6.07) is 0.279. The summed E-state index contributed by atoms with van der Waals surface area (Å²) in [5.74, 6) is -0.0454. The minimum absolute atomic E-state index is 0.00841. The largest absolute Gasteiger partial charge is 0.395 e. The first kappa shape index (κ1) is 11.5. The quantitative estimate of drug-likeness (QED) is 0.851. The molecule has 1 saturated carbocycles. The van der Waals surface area contributed by atoms with Crippen LogP contribution in [0, 0.1) is 0 Å². The summed E-state index contributed by atoms with van der Waals surface area (Å²) in [5.41, 5.74) is 0. The monoisotopic (exact) mass is 241 g/mol. The van der Waals surface area contributed by atoms with Crippen LogP contribution < -0.4 is 0 Å². The SMILES string of the molecule is O=C(c1cnns1)N(CCO)C1CCCC1. The van der Waals surface area contributed by atoms with Gasteiger partial charge in [-0.2, -0.15) is 0 Å². The predicted molar refractivity (Wildman–Crippen MR) is 60.3 cm³/mol. The normalized spacial score (nSPS) is 16.6. The van der Waals surface area contributed by atoms with Crippen molar-refractivity contribution in [2.45, 2.75) is 31.7 Å². The van der Waals surface area contributed by atoms with E-state index in [9.17, 15) is 4.79 Å². The van der Waals surface area contributed by atoms with Crippen molar-refractivity contribution >= 4 is 17.4 Å². The van der Waals surface area contributed by atoms with E-state index in [1.165, 1.54) is 19.0 Å². The third-order valence-corrected chi connectivity index (χ3v) is 3.59. The molecular weight excluding hydrogens is 226 g/mol. The number of carbonyl (C=O) groups is 1. The summed E-state index contributed by atoms with van der Waals surface area (Å²) in [4.78, 5) is 14.5. The summed E-state index contributed by atoms with van der Waals surface area (Å²) in [7, 11) is 0. The lowest BCUT2D eigenvalue weighted by atomic mass is 10.2. The zero-order valence-electron chi connectivity index (χ0n) is 9.00. The Morgan fingerprint density at radius 1 is 1.56 bits per heavy atom. The van der Waals surface area contributed by atoms with Crippen molar-refractivity contribution in [3.8, 4) is 0 Å². The molecule has 16 heavy (non-hydrogen) atoms. The molecule has 0 unspecified atom stereocenters. The Morgan fingerprint density at radius 2 is 2.31 bits per heavy atom. The molecule has 0 saturated heterocycles. The third-order valence-electron chi connectivity index (χ3n) is 2.94. The third kappa shape index (κ3) is 2.38. The van der Waals surface area contributed by atoms with Gasteiger partial charge in [0, 0.05) is 12.6 Å². The van der Waals surface area contributed by atoms with Gasteiger partial charge in [0.2, 0.25) is 0 Å². The number of carbonyl (C=O) groups excluding carboxylic acids is 1. The van der Waals surface area contributed by atoms with E-state index in [0.717, 1.165) is 24.4 Å². The van der Waals surface area contributed by atoms with Crippen LogP contribution in [0.5, 0.6) is 0 Å². The molecule has 0 aromatic carbocycles. The lowest BCUT2D eigenvalue weighted by molar-refractivity contribution is 0.0643. The van der Waals surface area contributed by atoms with Gasteiger partial charge in [0.05, 0.1) is 12.8 Å². The maximum Gasteiger partial charge on any atom is 0.267 e. The van der Waals surface area contributed by atoms with Gasteiger partial charge in [-0.05, 0) is 24.4 Å². The Hall–Kier alpha value is -1.01. The number of nitrogens with zero attached hydrogens (tertiary/aromatic N) is 3. The van der Waals surface area contributed by atoms with Crippen LogP contribution in [0.1, 0.15) is 35.4 Å². The van der Waals surface area contributed by atoms with Crippen LogP contribution >= 0.6 is 11.5 Å². The maximum atomic E-state index is 12.1. The summed E-state index contributed by atoms with van der Waals surface area (Å²) < 4.78 is 3.69. The van der Waals surface area contributed by atoms with Crippen LogP contribution in [0.15, 0.2) is 6.20 Å². The van der Waals surface area contributed by atoms with Gasteiger partial charge in [-0.1, -0.05) is 17.3 Å². The van der Waals surface area contributed by atoms with Crippen LogP contribution in [-0.4, -0.2) is 44.7 Å². The molecule has 0 aliphatic heterocycles. The highest BCUT2D eigenvalue weighted by Gasteiger charge is 2.27. The van der Waals surface area contributed by atoms with Crippen LogP contribution in [0.4, 0.5) is 0 Å². The van der Waals surface area contributed by atoms with E-state index in [4.69, 9.17) is 5.11 Å². The number of hydrogen-bond donors (Lipinski definition) is 1. The Balaban J connectivity index is 2.09. The summed E-state index contributed by atoms with van der Waals surface area (Å²) in [5, 5.41) is 12.7. The van der Waals surface area contributed by atoms with E-state index in [0.29, 0.717) is 11.4 Å². The number of hydrogen-bond acceptors (Lipinski definition) is 5. The molecule has 1 aromatic heterocycles. The molecule has 0 spiro atoms. The Morgan fingerprint density at radius 3 is 2.88 bits per heavy atom. The molecule has 1 aromatic rings. The van der Waals surface area contributed by atoms with Gasteiger partial charge in [-0.3, -0.25) is 4.79 Å². The van der Waals surface area contributed by atoms with Crippen LogP contribution in [0.25, 0.3) is 0 Å². The van der Waals surface area contributed by atoms with Crippen LogP contribution in [-0.2, 0) is 0 Å². The minimum atomic E-state index is -0.0454. The van der Waals surface area contributed by atoms with Gasteiger partial charge in [-0.25, -0.2) is 0 Å². The molecule has 88 valence electrons. The van der Waals surface area contributed by atoms with Crippen molar-refractivity contribution in [3.63, 3.8) is 0 Å². The van der Waals surface area contributed by atoms with Crippen molar-refractivity contribution in [3.05, 3.63) is 11.1 Å². The first-order valence-electron chi connectivity index (χ1n) is 5.52. The molecule has 0 bridgehead atoms. The molecule has 1 N–H and O–H groups in total. The highest BCUT2D eigenvalue weighted by molar-refractivity contribution is 7.07. The lowest BCUT2D eigenvalue weighted by Crippen LogP contribution is -2.40. The first-order valence-corrected chi connectivity index (χ1v) is 6.29. The zero-order valence-corrected chi connectivity index (χ0v) is 9.82. The van der Waals surface area contributed by atoms with Gasteiger partial charge in [0.25, 0.3) is 5.91 Å². The fourth-order valence-corrected chi connectivity index (χ4v) is 2.65. The maximum absolute atomic E-state index is 12.1. The molecular formula is C10H15N3O2S. The lowest BCUT2D eigenvalue weighted by Gasteiger charge is -2.27. The molecule has 2 rings (SSSR count). The van der Waals surface area contributed by atoms with Crippen LogP contribution in [0.3, 0.4) is 0 Å². The van der Waals surface area contributed by atoms with Gasteiger partial charge in [0.1, 0.15) is 4.88 Å². The second kappa shape index (κ2) is 5.36. The summed E-state index contributed by atoms with van der Waals surface area (Å²) >= 11 is 1.11. The fraction of sp³-hybridized carbons (Fsp3) is 0.700. The van der Waals surface area contributed by atoms with Crippen molar-refractivity contribution < 1.29 is 9.90 Å². The van der Waals surface area contributed by atoms with E-state index in [1.807, 2.05) is 0 Å². The van der Waals surface area contributed by atoms with Crippen LogP contribution in [0.2, 0.25) is 0 Å². The molecule has 1 aliphatic carbocycles. The van der Waals surface area contributed by atoms with Crippen molar-refractivity contribution in [1.29, 1.82) is 0 Å². The molecule has 1 fully saturated rings. The Labute approximate surface area is 98.2 Å². The smallest absolute Gasteiger partial charge is 0.267 e. The van der Waals surface area contributed by atoms with Gasteiger partial charge < -0.3 is 10.0 Å². The standard InChI is InChI=1S/C10H15N3O2S/c14-6-5-13(8-3-1-2-4-8)10(15)9-7-11-12-16-9/h7-8,14H,1-6H2. The van der Waals surface area contributed by atoms with E-state index >= 15 is 0 Å². The van der Waals surface area contributed by atoms with Crippen molar-refractivity contribution in [1.82, 2.24) is 14.5 Å². The fourth-order valence-electron chi connectivity index (χ4n) is 2.18. The van der Waals surface area contributed by atoms with Gasteiger partial charge in [0.15, 0.2) is 0 Å². The molecule has 5 nitrogen and oxygen atoms in total. The van der Waals surface area contributed by atoms with E-state index in [1.54, 1.807) is 4.90 Å². The van der Waals surface area contributed by atoms with Gasteiger partial charge >= 0.3 is 0 Å². The zero-order chi connectivity index (χ0) is 11.4. The average molecular weight is 241 g/mol. The number of aromatic nitrogens is 2. The number of aliphatic hydroxyl groups is 1. The highest BCUT2D eigenvalue weighted by atomic mass is 32.1. The summed E-state index contributed by atoms with van der Waals surface area (Å²) in [6.07, 6.45) is 5.91. The molecule has 1 aliphatic rings. The molecule has 0 radical (unpaired) electrons. The summed E-state index contributed by atoms with van der Waals surface area (Å²) in [6.45, 7) is 0.413. The molecule has 0 atom stereocenters.